The normalized spacial score (nSPS) is 16.6. The van der Waals surface area contributed by atoms with Gasteiger partial charge in [-0.3, -0.25) is 0 Å². The van der Waals surface area contributed by atoms with Crippen LogP contribution in [0.15, 0.2) is 16.3 Å². The largest absolute Gasteiger partial charge is 0.312 e. The number of rotatable bonds is 9. The zero-order chi connectivity index (χ0) is 15.1. The summed E-state index contributed by atoms with van der Waals surface area (Å²) >= 11 is 1.49. The minimum atomic E-state index is -3.35. The Labute approximate surface area is 131 Å². The van der Waals surface area contributed by atoms with Crippen molar-refractivity contribution in [2.45, 2.75) is 37.6 Å². The van der Waals surface area contributed by atoms with Crippen LogP contribution in [0.3, 0.4) is 0 Å². The minimum absolute atomic E-state index is 0.390. The Balaban J connectivity index is 1.76. The lowest BCUT2D eigenvalue weighted by Crippen LogP contribution is -2.28. The van der Waals surface area contributed by atoms with Crippen molar-refractivity contribution in [2.75, 3.05) is 32.7 Å². The summed E-state index contributed by atoms with van der Waals surface area (Å²) in [6.45, 7) is 7.46. The first kappa shape index (κ1) is 16.9. The third-order valence-electron chi connectivity index (χ3n) is 3.63. The van der Waals surface area contributed by atoms with Crippen LogP contribution in [0.4, 0.5) is 0 Å². The van der Waals surface area contributed by atoms with E-state index in [0.29, 0.717) is 11.4 Å². The van der Waals surface area contributed by atoms with Crippen molar-refractivity contribution in [2.24, 2.45) is 0 Å². The van der Waals surface area contributed by atoms with Crippen molar-refractivity contribution in [3.63, 3.8) is 0 Å². The van der Waals surface area contributed by atoms with Crippen LogP contribution in [0.5, 0.6) is 0 Å². The van der Waals surface area contributed by atoms with E-state index in [9.17, 15) is 8.42 Å². The highest BCUT2D eigenvalue weighted by Crippen LogP contribution is 2.19. The lowest BCUT2D eigenvalue weighted by Gasteiger charge is -2.14. The molecular formula is C14H25N3O2S2. The fourth-order valence-corrected chi connectivity index (χ4v) is 4.76. The summed E-state index contributed by atoms with van der Waals surface area (Å²) < 4.78 is 27.1. The van der Waals surface area contributed by atoms with Gasteiger partial charge in [-0.2, -0.15) is 0 Å². The second-order valence-electron chi connectivity index (χ2n) is 5.33. The van der Waals surface area contributed by atoms with Gasteiger partial charge in [0.1, 0.15) is 0 Å². The third kappa shape index (κ3) is 5.34. The molecule has 1 aliphatic heterocycles. The van der Waals surface area contributed by atoms with Gasteiger partial charge in [-0.25, -0.2) is 13.1 Å². The number of thiophene rings is 1. The topological polar surface area (TPSA) is 61.4 Å². The smallest absolute Gasteiger partial charge is 0.241 e. The molecule has 1 aromatic rings. The average molecular weight is 332 g/mol. The highest BCUT2D eigenvalue weighted by molar-refractivity contribution is 7.89. The van der Waals surface area contributed by atoms with Gasteiger partial charge in [-0.1, -0.05) is 6.92 Å². The first-order chi connectivity index (χ1) is 10.1. The molecule has 1 fully saturated rings. The van der Waals surface area contributed by atoms with Gasteiger partial charge in [0, 0.05) is 23.3 Å². The lowest BCUT2D eigenvalue weighted by molar-refractivity contribution is 0.334. The molecule has 0 spiro atoms. The number of sulfonamides is 1. The van der Waals surface area contributed by atoms with Crippen LogP contribution in [0, 0.1) is 0 Å². The van der Waals surface area contributed by atoms with Crippen molar-refractivity contribution in [3.8, 4) is 0 Å². The highest BCUT2D eigenvalue weighted by atomic mass is 32.2. The zero-order valence-electron chi connectivity index (χ0n) is 12.6. The van der Waals surface area contributed by atoms with Crippen LogP contribution in [-0.2, 0) is 16.6 Å². The van der Waals surface area contributed by atoms with E-state index in [4.69, 9.17) is 0 Å². The summed E-state index contributed by atoms with van der Waals surface area (Å²) in [6, 6.07) is 1.76. The van der Waals surface area contributed by atoms with Gasteiger partial charge < -0.3 is 10.2 Å². The summed E-state index contributed by atoms with van der Waals surface area (Å²) in [5, 5.41) is 4.92. The summed E-state index contributed by atoms with van der Waals surface area (Å²) in [5.41, 5.74) is 0. The number of hydrogen-bond acceptors (Lipinski definition) is 5. The summed E-state index contributed by atoms with van der Waals surface area (Å²) in [6.07, 6.45) is 3.41. The van der Waals surface area contributed by atoms with Crippen molar-refractivity contribution < 1.29 is 8.42 Å². The van der Waals surface area contributed by atoms with E-state index in [1.54, 1.807) is 11.4 Å². The van der Waals surface area contributed by atoms with Crippen molar-refractivity contribution in [1.29, 1.82) is 0 Å². The van der Waals surface area contributed by atoms with E-state index in [0.717, 1.165) is 44.0 Å². The standard InChI is InChI=1S/C14H25N3O2S2/c1-2-15-11-13-10-14(12-20-13)21(18,19)16-6-5-9-17-7-3-4-8-17/h10,12,15-16H,2-9,11H2,1H3. The molecule has 0 aliphatic carbocycles. The summed E-state index contributed by atoms with van der Waals surface area (Å²) in [4.78, 5) is 3.84. The Kier molecular flexibility index (Phi) is 6.63. The van der Waals surface area contributed by atoms with Crippen molar-refractivity contribution in [3.05, 3.63) is 16.3 Å². The lowest BCUT2D eigenvalue weighted by atomic mass is 10.4. The maximum Gasteiger partial charge on any atom is 0.241 e. The summed E-state index contributed by atoms with van der Waals surface area (Å²) in [7, 11) is -3.35. The Bertz CT molecular complexity index is 522. The second-order valence-corrected chi connectivity index (χ2v) is 8.09. The molecule has 5 nitrogen and oxygen atoms in total. The predicted octanol–water partition coefficient (Wildman–Crippen LogP) is 1.62. The molecule has 2 N–H and O–H groups in total. The van der Waals surface area contributed by atoms with E-state index >= 15 is 0 Å². The molecule has 1 saturated heterocycles. The molecule has 0 radical (unpaired) electrons. The molecule has 0 saturated carbocycles. The van der Waals surface area contributed by atoms with E-state index < -0.39 is 10.0 Å². The van der Waals surface area contributed by atoms with Crippen molar-refractivity contribution in [1.82, 2.24) is 14.9 Å². The van der Waals surface area contributed by atoms with E-state index in [2.05, 4.69) is 14.9 Å². The third-order valence-corrected chi connectivity index (χ3v) is 6.16. The molecule has 2 rings (SSSR count). The fraction of sp³-hybridized carbons (Fsp3) is 0.714. The SMILES string of the molecule is CCNCc1cc(S(=O)(=O)NCCCN2CCCC2)cs1. The zero-order valence-corrected chi connectivity index (χ0v) is 14.2. The van der Waals surface area contributed by atoms with Crippen LogP contribution >= 0.6 is 11.3 Å². The monoisotopic (exact) mass is 331 g/mol. The molecule has 0 aromatic carbocycles. The minimum Gasteiger partial charge on any atom is -0.312 e. The molecule has 21 heavy (non-hydrogen) atoms. The molecule has 0 amide bonds. The van der Waals surface area contributed by atoms with Gasteiger partial charge in [0.15, 0.2) is 0 Å². The van der Waals surface area contributed by atoms with Crippen LogP contribution in [0.2, 0.25) is 0 Å². The molecule has 120 valence electrons. The Morgan fingerprint density at radius 3 is 2.81 bits per heavy atom. The summed E-state index contributed by atoms with van der Waals surface area (Å²) in [5.74, 6) is 0. The molecule has 7 heteroatoms. The molecule has 0 unspecified atom stereocenters. The van der Waals surface area contributed by atoms with Crippen LogP contribution < -0.4 is 10.0 Å². The van der Waals surface area contributed by atoms with Gasteiger partial charge >= 0.3 is 0 Å². The first-order valence-corrected chi connectivity index (χ1v) is 9.98. The quantitative estimate of drug-likeness (QED) is 0.675. The fourth-order valence-electron chi connectivity index (χ4n) is 2.44. The number of nitrogens with one attached hydrogen (secondary N) is 2. The van der Waals surface area contributed by atoms with E-state index in [1.165, 1.54) is 24.2 Å². The van der Waals surface area contributed by atoms with E-state index in [-0.39, 0.29) is 0 Å². The van der Waals surface area contributed by atoms with Crippen LogP contribution in [0.1, 0.15) is 31.1 Å². The number of hydrogen-bond donors (Lipinski definition) is 2. The molecule has 1 aromatic heterocycles. The number of nitrogens with zero attached hydrogens (tertiary/aromatic N) is 1. The highest BCUT2D eigenvalue weighted by Gasteiger charge is 2.16. The Hall–Kier alpha value is -0.470. The first-order valence-electron chi connectivity index (χ1n) is 7.62. The van der Waals surface area contributed by atoms with Crippen LogP contribution in [-0.4, -0.2) is 46.0 Å². The van der Waals surface area contributed by atoms with Gasteiger partial charge in [0.25, 0.3) is 0 Å². The maximum absolute atomic E-state index is 12.2. The molecule has 2 heterocycles. The average Bonchev–Trinajstić information content (AvgIpc) is 3.13. The molecule has 0 bridgehead atoms. The van der Waals surface area contributed by atoms with Gasteiger partial charge in [-0.05, 0) is 51.5 Å². The predicted molar refractivity (Wildman–Crippen MR) is 87.2 cm³/mol. The Morgan fingerprint density at radius 1 is 1.33 bits per heavy atom. The van der Waals surface area contributed by atoms with E-state index in [1.807, 2.05) is 6.92 Å². The second kappa shape index (κ2) is 8.24. The number of likely N-dealkylation sites (tertiary alicyclic amines) is 1. The van der Waals surface area contributed by atoms with Gasteiger partial charge in [0.05, 0.1) is 4.90 Å². The van der Waals surface area contributed by atoms with Gasteiger partial charge in [-0.15, -0.1) is 11.3 Å². The Morgan fingerprint density at radius 2 is 2.10 bits per heavy atom. The molecule has 0 atom stereocenters. The molecular weight excluding hydrogens is 306 g/mol. The van der Waals surface area contributed by atoms with Gasteiger partial charge in [0.2, 0.25) is 10.0 Å². The van der Waals surface area contributed by atoms with Crippen LogP contribution in [0.25, 0.3) is 0 Å². The molecule has 1 aliphatic rings. The maximum atomic E-state index is 12.2. The van der Waals surface area contributed by atoms with Crippen molar-refractivity contribution >= 4 is 21.4 Å².